The average Bonchev–Trinajstić information content (AvgIpc) is 3.19. The summed E-state index contributed by atoms with van der Waals surface area (Å²) in [6.07, 6.45) is 0. The highest BCUT2D eigenvalue weighted by Gasteiger charge is 2.47. The van der Waals surface area contributed by atoms with E-state index in [-0.39, 0.29) is 22.6 Å². The van der Waals surface area contributed by atoms with Gasteiger partial charge in [-0.05, 0) is 33.1 Å². The largest absolute Gasteiger partial charge is 0.341 e. The minimum absolute atomic E-state index is 0.0993. The highest BCUT2D eigenvalue weighted by Crippen LogP contribution is 2.45. The van der Waals surface area contributed by atoms with Crippen LogP contribution < -0.4 is 10.6 Å². The maximum absolute atomic E-state index is 13.1. The van der Waals surface area contributed by atoms with Gasteiger partial charge in [-0.3, -0.25) is 9.59 Å². The van der Waals surface area contributed by atoms with Gasteiger partial charge >= 0.3 is 0 Å². The van der Waals surface area contributed by atoms with Crippen LogP contribution in [0.15, 0.2) is 59.7 Å². The number of carbonyl (C=O) groups is 2. The number of amides is 2. The molecule has 2 heterocycles. The van der Waals surface area contributed by atoms with E-state index < -0.39 is 12.1 Å². The van der Waals surface area contributed by atoms with Crippen LogP contribution in [0.3, 0.4) is 0 Å². The molecule has 0 saturated heterocycles. The number of hydrogen-bond donors (Lipinski definition) is 2. The van der Waals surface area contributed by atoms with Gasteiger partial charge < -0.3 is 10.6 Å². The lowest BCUT2D eigenvalue weighted by Crippen LogP contribution is -2.35. The van der Waals surface area contributed by atoms with Gasteiger partial charge in [-0.15, -0.1) is 0 Å². The third-order valence-electron chi connectivity index (χ3n) is 6.07. The Morgan fingerprint density at radius 2 is 0.933 bits per heavy atom. The van der Waals surface area contributed by atoms with Crippen molar-refractivity contribution in [2.75, 3.05) is 0 Å². The van der Waals surface area contributed by atoms with Gasteiger partial charge in [0.15, 0.2) is 0 Å². The predicted octanol–water partition coefficient (Wildman–Crippen LogP) is 4.62. The van der Waals surface area contributed by atoms with Gasteiger partial charge in [-0.1, -0.05) is 90.1 Å². The number of hydrogen-bond acceptors (Lipinski definition) is 2. The van der Waals surface area contributed by atoms with Gasteiger partial charge in [0.2, 0.25) is 0 Å². The molecule has 2 amide bonds. The summed E-state index contributed by atoms with van der Waals surface area (Å²) < 4.78 is 0. The summed E-state index contributed by atoms with van der Waals surface area (Å²) in [6.45, 7) is 12.9. The Labute approximate surface area is 178 Å². The maximum atomic E-state index is 13.1. The van der Waals surface area contributed by atoms with Crippen LogP contribution in [-0.4, -0.2) is 11.8 Å². The van der Waals surface area contributed by atoms with Crippen molar-refractivity contribution < 1.29 is 9.59 Å². The van der Waals surface area contributed by atoms with Crippen molar-refractivity contribution in [1.29, 1.82) is 0 Å². The Hall–Kier alpha value is -2.88. The molecule has 0 bridgehead atoms. The number of benzene rings is 2. The lowest BCUT2D eigenvalue weighted by atomic mass is 9.79. The van der Waals surface area contributed by atoms with E-state index in [4.69, 9.17) is 0 Å². The van der Waals surface area contributed by atoms with Gasteiger partial charge in [-0.2, -0.15) is 0 Å². The molecule has 2 N–H and O–H groups in total. The SMILES string of the molecule is CC(C)(C)c1ccccc1C1NC(=O)C2=C1C(=O)NC2c1ccccc1C(C)(C)C. The summed E-state index contributed by atoms with van der Waals surface area (Å²) in [4.78, 5) is 26.3. The van der Waals surface area contributed by atoms with E-state index >= 15 is 0 Å². The van der Waals surface area contributed by atoms with Gasteiger partial charge in [0.25, 0.3) is 11.8 Å². The molecule has 2 aromatic carbocycles. The monoisotopic (exact) mass is 402 g/mol. The lowest BCUT2D eigenvalue weighted by molar-refractivity contribution is -0.118. The zero-order chi connectivity index (χ0) is 21.8. The number of carbonyl (C=O) groups excluding carboxylic acids is 2. The van der Waals surface area contributed by atoms with Gasteiger partial charge in [0.05, 0.1) is 23.2 Å². The minimum atomic E-state index is -0.422. The van der Waals surface area contributed by atoms with E-state index in [1.165, 1.54) is 0 Å². The summed E-state index contributed by atoms with van der Waals surface area (Å²) in [5.74, 6) is -0.323. The average molecular weight is 403 g/mol. The summed E-state index contributed by atoms with van der Waals surface area (Å²) in [5, 5.41) is 6.20. The van der Waals surface area contributed by atoms with E-state index in [9.17, 15) is 9.59 Å². The van der Waals surface area contributed by atoms with Crippen LogP contribution in [0.5, 0.6) is 0 Å². The van der Waals surface area contributed by atoms with Crippen LogP contribution >= 0.6 is 0 Å². The fourth-order valence-electron chi connectivity index (χ4n) is 4.71. The van der Waals surface area contributed by atoms with E-state index in [1.54, 1.807) is 0 Å². The lowest BCUT2D eigenvalue weighted by Gasteiger charge is -2.27. The van der Waals surface area contributed by atoms with Crippen LogP contribution in [0.25, 0.3) is 0 Å². The van der Waals surface area contributed by atoms with E-state index in [1.807, 2.05) is 36.4 Å². The Morgan fingerprint density at radius 3 is 1.27 bits per heavy atom. The molecule has 0 radical (unpaired) electrons. The van der Waals surface area contributed by atoms with E-state index in [2.05, 4.69) is 64.3 Å². The fourth-order valence-corrected chi connectivity index (χ4v) is 4.71. The van der Waals surface area contributed by atoms with Crippen molar-refractivity contribution in [2.45, 2.75) is 64.5 Å². The fraction of sp³-hybridized carbons (Fsp3) is 0.385. The molecule has 0 spiro atoms. The summed E-state index contributed by atoms with van der Waals surface area (Å²) >= 11 is 0. The van der Waals surface area contributed by atoms with Crippen molar-refractivity contribution >= 4 is 11.8 Å². The van der Waals surface area contributed by atoms with Crippen molar-refractivity contribution in [3.63, 3.8) is 0 Å². The molecule has 0 fully saturated rings. The Kier molecular flexibility index (Phi) is 4.64. The topological polar surface area (TPSA) is 58.2 Å². The molecule has 156 valence electrons. The standard InChI is InChI=1S/C26H30N2O2/c1-25(2,3)17-13-9-7-11-15(17)21-19-20(24(30)27-21)22(28-23(19)29)16-12-8-10-14-18(16)26(4,5)6/h7-14,21-22H,1-6H3,(H,27,30)(H,28,29). The third-order valence-corrected chi connectivity index (χ3v) is 6.07. The zero-order valence-electron chi connectivity index (χ0n) is 18.6. The van der Waals surface area contributed by atoms with Gasteiger partial charge in [0.1, 0.15) is 0 Å². The second-order valence-corrected chi connectivity index (χ2v) is 10.3. The molecular formula is C26H30N2O2. The quantitative estimate of drug-likeness (QED) is 0.770. The van der Waals surface area contributed by atoms with Crippen LogP contribution in [0.2, 0.25) is 0 Å². The Morgan fingerprint density at radius 1 is 0.600 bits per heavy atom. The van der Waals surface area contributed by atoms with Crippen molar-refractivity contribution in [3.8, 4) is 0 Å². The van der Waals surface area contributed by atoms with E-state index in [0.29, 0.717) is 11.1 Å². The maximum Gasteiger partial charge on any atom is 0.250 e. The molecule has 4 nitrogen and oxygen atoms in total. The molecule has 30 heavy (non-hydrogen) atoms. The normalized spacial score (nSPS) is 21.5. The molecular weight excluding hydrogens is 372 g/mol. The molecule has 2 unspecified atom stereocenters. The van der Waals surface area contributed by atoms with E-state index in [0.717, 1.165) is 22.3 Å². The molecule has 0 aliphatic carbocycles. The van der Waals surface area contributed by atoms with Crippen LogP contribution in [0.4, 0.5) is 0 Å². The molecule has 2 aromatic rings. The van der Waals surface area contributed by atoms with Crippen molar-refractivity contribution in [1.82, 2.24) is 10.6 Å². The first-order valence-corrected chi connectivity index (χ1v) is 10.5. The Balaban J connectivity index is 1.85. The first-order valence-electron chi connectivity index (χ1n) is 10.5. The second-order valence-electron chi connectivity index (χ2n) is 10.3. The summed E-state index contributed by atoms with van der Waals surface area (Å²) in [7, 11) is 0. The number of nitrogens with one attached hydrogen (secondary N) is 2. The van der Waals surface area contributed by atoms with Crippen LogP contribution in [0.1, 0.15) is 75.9 Å². The molecule has 2 aliphatic rings. The first-order chi connectivity index (χ1) is 14.0. The summed E-state index contributed by atoms with van der Waals surface area (Å²) in [6, 6.07) is 15.3. The predicted molar refractivity (Wildman–Crippen MR) is 119 cm³/mol. The molecule has 4 rings (SSSR count). The molecule has 0 saturated carbocycles. The summed E-state index contributed by atoms with van der Waals surface area (Å²) in [5.41, 5.74) is 5.17. The van der Waals surface area contributed by atoms with Crippen LogP contribution in [-0.2, 0) is 20.4 Å². The van der Waals surface area contributed by atoms with Gasteiger partial charge in [0, 0.05) is 0 Å². The highest BCUT2D eigenvalue weighted by molar-refractivity contribution is 6.14. The molecule has 0 aromatic heterocycles. The molecule has 2 atom stereocenters. The Bertz CT molecular complexity index is 981. The zero-order valence-corrected chi connectivity index (χ0v) is 18.6. The van der Waals surface area contributed by atoms with Crippen molar-refractivity contribution in [3.05, 3.63) is 81.9 Å². The number of rotatable bonds is 2. The first kappa shape index (κ1) is 20.4. The molecule has 2 aliphatic heterocycles. The minimum Gasteiger partial charge on any atom is -0.341 e. The van der Waals surface area contributed by atoms with Gasteiger partial charge in [-0.25, -0.2) is 0 Å². The molecule has 4 heteroatoms. The highest BCUT2D eigenvalue weighted by atomic mass is 16.2. The van der Waals surface area contributed by atoms with Crippen molar-refractivity contribution in [2.24, 2.45) is 0 Å². The second kappa shape index (κ2) is 6.83. The third kappa shape index (κ3) is 3.24. The van der Waals surface area contributed by atoms with Crippen LogP contribution in [0, 0.1) is 0 Å². The smallest absolute Gasteiger partial charge is 0.250 e.